The summed E-state index contributed by atoms with van der Waals surface area (Å²) in [5.41, 5.74) is 6.97. The molecule has 6 nitrogen and oxygen atoms in total. The highest BCUT2D eigenvalue weighted by Gasteiger charge is 2.10. The van der Waals surface area contributed by atoms with Gasteiger partial charge in [-0.25, -0.2) is 4.98 Å². The summed E-state index contributed by atoms with van der Waals surface area (Å²) in [4.78, 5) is 8.24. The molecule has 0 aliphatic carbocycles. The largest absolute Gasteiger partial charge is 0.508 e. The van der Waals surface area contributed by atoms with Crippen molar-refractivity contribution in [3.8, 4) is 28.6 Å². The van der Waals surface area contributed by atoms with Crippen LogP contribution in [0.15, 0.2) is 47.1 Å². The van der Waals surface area contributed by atoms with Crippen molar-refractivity contribution in [3.63, 3.8) is 0 Å². The van der Waals surface area contributed by atoms with Crippen molar-refractivity contribution in [2.45, 2.75) is 0 Å². The van der Waals surface area contributed by atoms with Crippen molar-refractivity contribution in [2.75, 3.05) is 5.73 Å². The molecule has 0 amide bonds. The molecule has 6 heteroatoms. The molecule has 0 atom stereocenters. The number of benzene rings is 1. The van der Waals surface area contributed by atoms with E-state index in [1.165, 1.54) is 0 Å². The smallest absolute Gasteiger partial charge is 0.259 e. The van der Waals surface area contributed by atoms with E-state index >= 15 is 0 Å². The topological polar surface area (TPSA) is 98.1 Å². The number of nitrogens with two attached hydrogens (primary N) is 1. The molecule has 19 heavy (non-hydrogen) atoms. The number of phenols is 1. The van der Waals surface area contributed by atoms with Gasteiger partial charge in [-0.15, -0.1) is 0 Å². The minimum atomic E-state index is 0.190. The number of hydrogen-bond donors (Lipinski definition) is 2. The number of rotatable bonds is 2. The first-order valence-corrected chi connectivity index (χ1v) is 5.57. The summed E-state index contributed by atoms with van der Waals surface area (Å²) in [7, 11) is 0. The summed E-state index contributed by atoms with van der Waals surface area (Å²) in [6.07, 6.45) is 1.57. The molecular formula is C13H10N4O2. The van der Waals surface area contributed by atoms with E-state index in [9.17, 15) is 5.11 Å². The summed E-state index contributed by atoms with van der Waals surface area (Å²) >= 11 is 0. The molecule has 3 aromatic rings. The molecule has 2 aromatic heterocycles. The van der Waals surface area contributed by atoms with Gasteiger partial charge in [0.15, 0.2) is 0 Å². The Hall–Kier alpha value is -2.89. The van der Waals surface area contributed by atoms with Crippen LogP contribution in [0.2, 0.25) is 0 Å². The fourth-order valence-corrected chi connectivity index (χ4v) is 1.60. The Bertz CT molecular complexity index is 629. The first-order valence-electron chi connectivity index (χ1n) is 5.57. The van der Waals surface area contributed by atoms with Crippen molar-refractivity contribution in [1.29, 1.82) is 0 Å². The summed E-state index contributed by atoms with van der Waals surface area (Å²) in [6, 6.07) is 9.99. The fourth-order valence-electron chi connectivity index (χ4n) is 1.60. The predicted octanol–water partition coefficient (Wildman–Crippen LogP) is 2.09. The Labute approximate surface area is 108 Å². The molecule has 0 radical (unpaired) electrons. The van der Waals surface area contributed by atoms with Crippen LogP contribution in [0.5, 0.6) is 5.75 Å². The molecule has 0 spiro atoms. The third-order valence-electron chi connectivity index (χ3n) is 2.58. The summed E-state index contributed by atoms with van der Waals surface area (Å²) in [5, 5.41) is 13.1. The van der Waals surface area contributed by atoms with E-state index in [4.69, 9.17) is 10.3 Å². The Kier molecular flexibility index (Phi) is 2.60. The molecular weight excluding hydrogens is 244 g/mol. The number of aromatic hydroxyl groups is 1. The maximum Gasteiger partial charge on any atom is 0.259 e. The number of nitrogen functional groups attached to an aromatic ring is 1. The van der Waals surface area contributed by atoms with E-state index in [0.717, 1.165) is 5.56 Å². The summed E-state index contributed by atoms with van der Waals surface area (Å²) in [5.74, 6) is 1.44. The lowest BCUT2D eigenvalue weighted by atomic mass is 10.2. The minimum absolute atomic E-state index is 0.190. The molecule has 3 rings (SSSR count). The van der Waals surface area contributed by atoms with Gasteiger partial charge in [0.05, 0.1) is 5.56 Å². The molecule has 2 heterocycles. The van der Waals surface area contributed by atoms with Gasteiger partial charge < -0.3 is 15.4 Å². The SMILES string of the molecule is Nc1ccc(-c2nc(-c3ccc(O)cc3)no2)cn1. The lowest BCUT2D eigenvalue weighted by molar-refractivity contribution is 0.432. The van der Waals surface area contributed by atoms with E-state index in [0.29, 0.717) is 23.1 Å². The zero-order valence-electron chi connectivity index (χ0n) is 9.82. The average Bonchev–Trinajstić information content (AvgIpc) is 2.90. The molecule has 0 fully saturated rings. The van der Waals surface area contributed by atoms with Crippen LogP contribution >= 0.6 is 0 Å². The van der Waals surface area contributed by atoms with Gasteiger partial charge in [0, 0.05) is 11.8 Å². The van der Waals surface area contributed by atoms with Crippen molar-refractivity contribution >= 4 is 5.82 Å². The number of pyridine rings is 1. The van der Waals surface area contributed by atoms with E-state index in [1.54, 1.807) is 42.6 Å². The molecule has 94 valence electrons. The monoisotopic (exact) mass is 254 g/mol. The summed E-state index contributed by atoms with van der Waals surface area (Å²) in [6.45, 7) is 0. The number of phenolic OH excluding ortho intramolecular Hbond substituents is 1. The van der Waals surface area contributed by atoms with Crippen molar-refractivity contribution in [1.82, 2.24) is 15.1 Å². The highest BCUT2D eigenvalue weighted by Crippen LogP contribution is 2.23. The molecule has 3 N–H and O–H groups in total. The quantitative estimate of drug-likeness (QED) is 0.726. The second kappa shape index (κ2) is 4.41. The lowest BCUT2D eigenvalue weighted by Gasteiger charge is -1.94. The second-order valence-electron chi connectivity index (χ2n) is 3.94. The van der Waals surface area contributed by atoms with Crippen molar-refractivity contribution in [3.05, 3.63) is 42.6 Å². The van der Waals surface area contributed by atoms with Crippen LogP contribution in [0.4, 0.5) is 5.82 Å². The van der Waals surface area contributed by atoms with Gasteiger partial charge in [-0.3, -0.25) is 0 Å². The first kappa shape index (κ1) is 11.2. The highest BCUT2D eigenvalue weighted by molar-refractivity contribution is 5.60. The molecule has 0 aliphatic rings. The van der Waals surface area contributed by atoms with E-state index in [1.807, 2.05) is 0 Å². The molecule has 0 saturated heterocycles. The van der Waals surface area contributed by atoms with Crippen LogP contribution in [0.3, 0.4) is 0 Å². The van der Waals surface area contributed by atoms with Gasteiger partial charge in [0.25, 0.3) is 5.89 Å². The Morgan fingerprint density at radius 3 is 2.42 bits per heavy atom. The molecule has 0 bridgehead atoms. The normalized spacial score (nSPS) is 10.5. The second-order valence-corrected chi connectivity index (χ2v) is 3.94. The van der Waals surface area contributed by atoms with Crippen LogP contribution in [0.1, 0.15) is 0 Å². The Balaban J connectivity index is 1.95. The van der Waals surface area contributed by atoms with Crippen LogP contribution in [0.25, 0.3) is 22.8 Å². The number of nitrogens with zero attached hydrogens (tertiary/aromatic N) is 3. The first-order chi connectivity index (χ1) is 9.22. The van der Waals surface area contributed by atoms with Gasteiger partial charge in [-0.05, 0) is 36.4 Å². The molecule has 1 aromatic carbocycles. The van der Waals surface area contributed by atoms with Crippen LogP contribution < -0.4 is 5.73 Å². The van der Waals surface area contributed by atoms with E-state index < -0.39 is 0 Å². The predicted molar refractivity (Wildman–Crippen MR) is 69.0 cm³/mol. The molecule has 0 unspecified atom stereocenters. The summed E-state index contributed by atoms with van der Waals surface area (Å²) < 4.78 is 5.17. The maximum atomic E-state index is 9.23. The number of anilines is 1. The van der Waals surface area contributed by atoms with Gasteiger partial charge in [0.1, 0.15) is 11.6 Å². The maximum absolute atomic E-state index is 9.23. The van der Waals surface area contributed by atoms with Gasteiger partial charge in [-0.1, -0.05) is 5.16 Å². The third kappa shape index (κ3) is 2.23. The number of aromatic nitrogens is 3. The van der Waals surface area contributed by atoms with Gasteiger partial charge >= 0.3 is 0 Å². The van der Waals surface area contributed by atoms with Gasteiger partial charge in [-0.2, -0.15) is 4.98 Å². The number of hydrogen-bond acceptors (Lipinski definition) is 6. The van der Waals surface area contributed by atoms with Crippen LogP contribution in [0, 0.1) is 0 Å². The average molecular weight is 254 g/mol. The van der Waals surface area contributed by atoms with Gasteiger partial charge in [0.2, 0.25) is 5.82 Å². The minimum Gasteiger partial charge on any atom is -0.508 e. The zero-order chi connectivity index (χ0) is 13.2. The Morgan fingerprint density at radius 1 is 1.00 bits per heavy atom. The van der Waals surface area contributed by atoms with Crippen molar-refractivity contribution in [2.24, 2.45) is 0 Å². The third-order valence-corrected chi connectivity index (χ3v) is 2.58. The zero-order valence-corrected chi connectivity index (χ0v) is 9.82. The molecule has 0 saturated carbocycles. The fraction of sp³-hybridized carbons (Fsp3) is 0. The van der Waals surface area contributed by atoms with E-state index in [2.05, 4.69) is 15.1 Å². The van der Waals surface area contributed by atoms with Crippen LogP contribution in [-0.2, 0) is 0 Å². The van der Waals surface area contributed by atoms with Crippen molar-refractivity contribution < 1.29 is 9.63 Å². The highest BCUT2D eigenvalue weighted by atomic mass is 16.5. The standard InChI is InChI=1S/C13H10N4O2/c14-11-6-3-9(7-15-11)13-16-12(17-19-13)8-1-4-10(18)5-2-8/h1-7,18H,(H2,14,15). The molecule has 0 aliphatic heterocycles. The Morgan fingerprint density at radius 2 is 1.74 bits per heavy atom. The van der Waals surface area contributed by atoms with E-state index in [-0.39, 0.29) is 5.75 Å². The van der Waals surface area contributed by atoms with Crippen LogP contribution in [-0.4, -0.2) is 20.2 Å². The lowest BCUT2D eigenvalue weighted by Crippen LogP contribution is -1.89.